The summed E-state index contributed by atoms with van der Waals surface area (Å²) in [5, 5.41) is 8.61. The van der Waals surface area contributed by atoms with Gasteiger partial charge >= 0.3 is 5.97 Å². The summed E-state index contributed by atoms with van der Waals surface area (Å²) in [6.45, 7) is 0. The van der Waals surface area contributed by atoms with Gasteiger partial charge in [-0.3, -0.25) is 9.59 Å². The van der Waals surface area contributed by atoms with Crippen molar-refractivity contribution in [2.45, 2.75) is 19.3 Å². The molecule has 1 heterocycles. The molecule has 1 aliphatic carbocycles. The van der Waals surface area contributed by atoms with Crippen LogP contribution in [0, 0.1) is 5.92 Å². The number of Topliss-reactive ketones (excluding diaryl/α,β-unsaturated/α-hetero) is 1. The van der Waals surface area contributed by atoms with Gasteiger partial charge in [0.05, 0.1) is 18.2 Å². The van der Waals surface area contributed by atoms with E-state index in [4.69, 9.17) is 9.52 Å². The third kappa shape index (κ3) is 1.43. The quantitative estimate of drug-likeness (QED) is 0.774. The highest BCUT2D eigenvalue weighted by atomic mass is 16.4. The van der Waals surface area contributed by atoms with Crippen molar-refractivity contribution in [3.05, 3.63) is 23.7 Å². The van der Waals surface area contributed by atoms with Gasteiger partial charge in [0.1, 0.15) is 5.76 Å². The second kappa shape index (κ2) is 3.29. The number of carboxylic acid groups (broad SMARTS) is 1. The van der Waals surface area contributed by atoms with Crippen LogP contribution in [0.15, 0.2) is 16.7 Å². The summed E-state index contributed by atoms with van der Waals surface area (Å²) in [7, 11) is 0. The normalized spacial score (nSPS) is 20.6. The first kappa shape index (κ1) is 8.99. The van der Waals surface area contributed by atoms with E-state index in [0.29, 0.717) is 24.2 Å². The smallest absolute Gasteiger partial charge is 0.304 e. The lowest BCUT2D eigenvalue weighted by Gasteiger charge is -2.17. The molecule has 0 saturated heterocycles. The van der Waals surface area contributed by atoms with Crippen molar-refractivity contribution in [1.29, 1.82) is 0 Å². The van der Waals surface area contributed by atoms with Crippen LogP contribution < -0.4 is 0 Å². The van der Waals surface area contributed by atoms with Crippen molar-refractivity contribution in [1.82, 2.24) is 0 Å². The van der Waals surface area contributed by atoms with Crippen LogP contribution in [0.1, 0.15) is 29.0 Å². The minimum absolute atomic E-state index is 0.0799. The number of ketones is 1. The Morgan fingerprint density at radius 2 is 2.43 bits per heavy atom. The average Bonchev–Trinajstić information content (AvgIpc) is 2.57. The number of carbonyl (C=O) groups is 2. The van der Waals surface area contributed by atoms with Gasteiger partial charge < -0.3 is 9.52 Å². The number of furan rings is 1. The lowest BCUT2D eigenvalue weighted by molar-refractivity contribution is -0.137. The summed E-state index contributed by atoms with van der Waals surface area (Å²) >= 11 is 0. The van der Waals surface area contributed by atoms with Crippen LogP contribution in [0.5, 0.6) is 0 Å². The van der Waals surface area contributed by atoms with E-state index in [1.54, 1.807) is 6.07 Å². The molecular formula is C10H10O4. The van der Waals surface area contributed by atoms with Crippen LogP contribution >= 0.6 is 0 Å². The van der Waals surface area contributed by atoms with Crippen molar-refractivity contribution in [2.75, 3.05) is 0 Å². The highest BCUT2D eigenvalue weighted by molar-refractivity contribution is 6.01. The standard InChI is InChI=1S/C10H10O4/c11-9(12)5-6-1-2-8-7(10(6)13)3-4-14-8/h3-4,6H,1-2,5H2,(H,11,12). The minimum atomic E-state index is -0.921. The molecule has 0 saturated carbocycles. The van der Waals surface area contributed by atoms with Gasteiger partial charge in [-0.25, -0.2) is 0 Å². The number of rotatable bonds is 2. The third-order valence-electron chi connectivity index (χ3n) is 2.52. The molecule has 0 radical (unpaired) electrons. The highest BCUT2D eigenvalue weighted by Crippen LogP contribution is 2.28. The molecule has 74 valence electrons. The number of carbonyl (C=O) groups excluding carboxylic acids is 1. The summed E-state index contributed by atoms with van der Waals surface area (Å²) in [4.78, 5) is 22.2. The fraction of sp³-hybridized carbons (Fsp3) is 0.400. The molecule has 2 rings (SSSR count). The van der Waals surface area contributed by atoms with Gasteiger partial charge in [0.15, 0.2) is 5.78 Å². The minimum Gasteiger partial charge on any atom is -0.481 e. The van der Waals surface area contributed by atoms with Crippen LogP contribution in [0.3, 0.4) is 0 Å². The van der Waals surface area contributed by atoms with Gasteiger partial charge in [-0.15, -0.1) is 0 Å². The van der Waals surface area contributed by atoms with Crippen LogP contribution in [-0.4, -0.2) is 16.9 Å². The average molecular weight is 194 g/mol. The largest absolute Gasteiger partial charge is 0.481 e. The molecule has 0 spiro atoms. The Kier molecular flexibility index (Phi) is 2.11. The number of fused-ring (bicyclic) bond motifs is 1. The van der Waals surface area contributed by atoms with E-state index < -0.39 is 5.97 Å². The van der Waals surface area contributed by atoms with Gasteiger partial charge in [-0.2, -0.15) is 0 Å². The molecule has 0 bridgehead atoms. The maximum Gasteiger partial charge on any atom is 0.304 e. The first-order valence-electron chi connectivity index (χ1n) is 4.51. The van der Waals surface area contributed by atoms with Crippen molar-refractivity contribution in [2.24, 2.45) is 5.92 Å². The Bertz CT molecular complexity index is 377. The summed E-state index contributed by atoms with van der Waals surface area (Å²) < 4.78 is 5.11. The Morgan fingerprint density at radius 1 is 1.64 bits per heavy atom. The van der Waals surface area contributed by atoms with E-state index in [-0.39, 0.29) is 18.1 Å². The molecule has 0 amide bonds. The zero-order chi connectivity index (χ0) is 10.1. The fourth-order valence-electron chi connectivity index (χ4n) is 1.82. The number of carboxylic acids is 1. The molecule has 1 atom stereocenters. The van der Waals surface area contributed by atoms with E-state index in [2.05, 4.69) is 0 Å². The van der Waals surface area contributed by atoms with Crippen LogP contribution in [0.25, 0.3) is 0 Å². The van der Waals surface area contributed by atoms with Crippen molar-refractivity contribution in [3.8, 4) is 0 Å². The number of hydrogen-bond acceptors (Lipinski definition) is 3. The molecule has 14 heavy (non-hydrogen) atoms. The summed E-state index contributed by atoms with van der Waals surface area (Å²) in [5.74, 6) is -0.702. The number of aryl methyl sites for hydroxylation is 1. The van der Waals surface area contributed by atoms with Gasteiger partial charge in [0, 0.05) is 12.3 Å². The summed E-state index contributed by atoms with van der Waals surface area (Å²) in [5.41, 5.74) is 0.558. The Hall–Kier alpha value is -1.58. The van der Waals surface area contributed by atoms with Crippen LogP contribution in [0.4, 0.5) is 0 Å². The van der Waals surface area contributed by atoms with E-state index in [1.807, 2.05) is 0 Å². The maximum absolute atomic E-state index is 11.7. The maximum atomic E-state index is 11.7. The van der Waals surface area contributed by atoms with E-state index in [9.17, 15) is 9.59 Å². The third-order valence-corrected chi connectivity index (χ3v) is 2.52. The Balaban J connectivity index is 2.21. The zero-order valence-corrected chi connectivity index (χ0v) is 7.53. The van der Waals surface area contributed by atoms with Gasteiger partial charge in [-0.1, -0.05) is 0 Å². The predicted molar refractivity (Wildman–Crippen MR) is 47.1 cm³/mol. The monoisotopic (exact) mass is 194 g/mol. The Morgan fingerprint density at radius 3 is 3.14 bits per heavy atom. The van der Waals surface area contributed by atoms with Crippen molar-refractivity contribution in [3.63, 3.8) is 0 Å². The molecule has 1 aromatic heterocycles. The first-order valence-corrected chi connectivity index (χ1v) is 4.51. The second-order valence-electron chi connectivity index (χ2n) is 3.46. The van der Waals surface area contributed by atoms with E-state index in [0.717, 1.165) is 0 Å². The van der Waals surface area contributed by atoms with Gasteiger partial charge in [0.2, 0.25) is 0 Å². The molecule has 1 unspecified atom stereocenters. The van der Waals surface area contributed by atoms with Crippen molar-refractivity contribution < 1.29 is 19.1 Å². The van der Waals surface area contributed by atoms with Gasteiger partial charge in [0.25, 0.3) is 0 Å². The molecule has 0 aromatic carbocycles. The molecule has 4 nitrogen and oxygen atoms in total. The summed E-state index contributed by atoms with van der Waals surface area (Å²) in [6, 6.07) is 1.62. The first-order chi connectivity index (χ1) is 6.68. The SMILES string of the molecule is O=C(O)CC1CCc2occc2C1=O. The molecule has 4 heteroatoms. The van der Waals surface area contributed by atoms with Crippen LogP contribution in [0.2, 0.25) is 0 Å². The van der Waals surface area contributed by atoms with E-state index >= 15 is 0 Å². The second-order valence-corrected chi connectivity index (χ2v) is 3.46. The van der Waals surface area contributed by atoms with Crippen LogP contribution in [-0.2, 0) is 11.2 Å². The topological polar surface area (TPSA) is 67.5 Å². The molecule has 1 N–H and O–H groups in total. The molecule has 0 fully saturated rings. The predicted octanol–water partition coefficient (Wildman–Crippen LogP) is 1.50. The highest BCUT2D eigenvalue weighted by Gasteiger charge is 2.30. The summed E-state index contributed by atoms with van der Waals surface area (Å²) in [6.07, 6.45) is 2.63. The fourth-order valence-corrected chi connectivity index (χ4v) is 1.82. The molecule has 0 aliphatic heterocycles. The molecular weight excluding hydrogens is 184 g/mol. The van der Waals surface area contributed by atoms with Crippen molar-refractivity contribution >= 4 is 11.8 Å². The van der Waals surface area contributed by atoms with E-state index in [1.165, 1.54) is 6.26 Å². The zero-order valence-electron chi connectivity index (χ0n) is 7.53. The molecule has 1 aromatic rings. The lowest BCUT2D eigenvalue weighted by atomic mass is 9.85. The lowest BCUT2D eigenvalue weighted by Crippen LogP contribution is -2.23. The molecule has 1 aliphatic rings. The Labute approximate surface area is 80.5 Å². The number of hydrogen-bond donors (Lipinski definition) is 1. The van der Waals surface area contributed by atoms with Gasteiger partial charge in [-0.05, 0) is 12.5 Å². The number of aliphatic carboxylic acids is 1.